The van der Waals surface area contributed by atoms with Crippen LogP contribution in [0.5, 0.6) is 0 Å². The monoisotopic (exact) mass is 310 g/mol. The number of fused-ring (bicyclic) bond motifs is 1. The minimum absolute atomic E-state index is 0.277. The van der Waals surface area contributed by atoms with Gasteiger partial charge in [0.2, 0.25) is 5.28 Å². The lowest BCUT2D eigenvalue weighted by Gasteiger charge is -2.11. The summed E-state index contributed by atoms with van der Waals surface area (Å²) in [5.41, 5.74) is 0. The Morgan fingerprint density at radius 1 is 1.32 bits per heavy atom. The molecule has 3 heterocycles. The van der Waals surface area contributed by atoms with Crippen LogP contribution in [0, 0.1) is 0 Å². The second kappa shape index (κ2) is 5.40. The maximum Gasteiger partial charge on any atom is 0.225 e. The van der Waals surface area contributed by atoms with Crippen molar-refractivity contribution in [2.24, 2.45) is 0 Å². The Morgan fingerprint density at radius 3 is 3.00 bits per heavy atom. The SMILES string of the molecule is CC(CNc1nc(Cl)nc2sccc12)c1nccs1. The minimum atomic E-state index is 0.277. The summed E-state index contributed by atoms with van der Waals surface area (Å²) in [5.74, 6) is 1.13. The van der Waals surface area contributed by atoms with Crippen molar-refractivity contribution in [1.82, 2.24) is 15.0 Å². The topological polar surface area (TPSA) is 50.7 Å². The molecule has 0 radical (unpaired) electrons. The predicted octanol–water partition coefficient (Wildman–Crippen LogP) is 4.02. The molecule has 7 heteroatoms. The summed E-state index contributed by atoms with van der Waals surface area (Å²) >= 11 is 9.16. The largest absolute Gasteiger partial charge is 0.369 e. The second-order valence-electron chi connectivity index (χ2n) is 4.13. The van der Waals surface area contributed by atoms with E-state index in [2.05, 4.69) is 27.2 Å². The molecular weight excluding hydrogens is 300 g/mol. The fourth-order valence-electron chi connectivity index (χ4n) is 1.78. The van der Waals surface area contributed by atoms with Crippen molar-refractivity contribution in [3.05, 3.63) is 33.3 Å². The van der Waals surface area contributed by atoms with Crippen LogP contribution >= 0.6 is 34.3 Å². The van der Waals surface area contributed by atoms with Crippen LogP contribution in [-0.4, -0.2) is 21.5 Å². The summed E-state index contributed by atoms with van der Waals surface area (Å²) in [6, 6.07) is 2.01. The number of hydrogen-bond acceptors (Lipinski definition) is 6. The molecule has 1 atom stereocenters. The van der Waals surface area contributed by atoms with Crippen LogP contribution in [0.25, 0.3) is 10.2 Å². The van der Waals surface area contributed by atoms with E-state index in [1.165, 1.54) is 0 Å². The zero-order valence-corrected chi connectivity index (χ0v) is 12.5. The smallest absolute Gasteiger partial charge is 0.225 e. The van der Waals surface area contributed by atoms with Crippen LogP contribution in [0.2, 0.25) is 5.28 Å². The van der Waals surface area contributed by atoms with E-state index < -0.39 is 0 Å². The first kappa shape index (κ1) is 12.8. The van der Waals surface area contributed by atoms with Crippen molar-refractivity contribution < 1.29 is 0 Å². The van der Waals surface area contributed by atoms with Gasteiger partial charge in [0.05, 0.1) is 10.4 Å². The average molecular weight is 311 g/mol. The number of nitrogens with zero attached hydrogens (tertiary/aromatic N) is 3. The van der Waals surface area contributed by atoms with Crippen molar-refractivity contribution in [3.8, 4) is 0 Å². The van der Waals surface area contributed by atoms with Gasteiger partial charge in [-0.15, -0.1) is 22.7 Å². The van der Waals surface area contributed by atoms with Gasteiger partial charge in [0.1, 0.15) is 10.6 Å². The van der Waals surface area contributed by atoms with E-state index in [0.29, 0.717) is 5.92 Å². The molecule has 4 nitrogen and oxygen atoms in total. The van der Waals surface area contributed by atoms with Gasteiger partial charge in [0.25, 0.3) is 0 Å². The minimum Gasteiger partial charge on any atom is -0.369 e. The lowest BCUT2D eigenvalue weighted by molar-refractivity contribution is 0.792. The fraction of sp³-hybridized carbons (Fsp3) is 0.250. The normalized spacial score (nSPS) is 12.7. The maximum absolute atomic E-state index is 5.93. The highest BCUT2D eigenvalue weighted by Gasteiger charge is 2.11. The van der Waals surface area contributed by atoms with Crippen LogP contribution in [-0.2, 0) is 0 Å². The first-order valence-electron chi connectivity index (χ1n) is 5.78. The molecule has 1 N–H and O–H groups in total. The summed E-state index contributed by atoms with van der Waals surface area (Å²) in [6.07, 6.45) is 1.83. The van der Waals surface area contributed by atoms with E-state index in [1.54, 1.807) is 22.7 Å². The van der Waals surface area contributed by atoms with E-state index in [1.807, 2.05) is 23.0 Å². The van der Waals surface area contributed by atoms with Crippen LogP contribution in [0.15, 0.2) is 23.0 Å². The van der Waals surface area contributed by atoms with Gasteiger partial charge in [-0.1, -0.05) is 6.92 Å². The predicted molar refractivity (Wildman–Crippen MR) is 81.4 cm³/mol. The van der Waals surface area contributed by atoms with Gasteiger partial charge < -0.3 is 5.32 Å². The van der Waals surface area contributed by atoms with Gasteiger partial charge in [0, 0.05) is 24.0 Å². The molecule has 0 aliphatic rings. The van der Waals surface area contributed by atoms with Gasteiger partial charge in [-0.05, 0) is 23.0 Å². The number of aromatic nitrogens is 3. The molecule has 3 aromatic heterocycles. The molecule has 0 bridgehead atoms. The first-order chi connectivity index (χ1) is 9.24. The van der Waals surface area contributed by atoms with Gasteiger partial charge in [-0.25, -0.2) is 15.0 Å². The molecule has 0 amide bonds. The van der Waals surface area contributed by atoms with Crippen LogP contribution < -0.4 is 5.32 Å². The molecule has 19 heavy (non-hydrogen) atoms. The third-order valence-electron chi connectivity index (χ3n) is 2.75. The highest BCUT2D eigenvalue weighted by molar-refractivity contribution is 7.16. The number of hydrogen-bond donors (Lipinski definition) is 1. The van der Waals surface area contributed by atoms with Gasteiger partial charge in [0.15, 0.2) is 0 Å². The first-order valence-corrected chi connectivity index (χ1v) is 7.92. The molecule has 0 spiro atoms. The van der Waals surface area contributed by atoms with Crippen LogP contribution in [0.4, 0.5) is 5.82 Å². The van der Waals surface area contributed by atoms with Crippen molar-refractivity contribution in [3.63, 3.8) is 0 Å². The maximum atomic E-state index is 5.93. The summed E-state index contributed by atoms with van der Waals surface area (Å²) < 4.78 is 0. The Balaban J connectivity index is 1.80. The molecule has 0 fully saturated rings. The summed E-state index contributed by atoms with van der Waals surface area (Å²) in [4.78, 5) is 13.7. The lowest BCUT2D eigenvalue weighted by atomic mass is 10.2. The molecule has 0 aromatic carbocycles. The molecule has 98 valence electrons. The highest BCUT2D eigenvalue weighted by Crippen LogP contribution is 2.27. The second-order valence-corrected chi connectivity index (χ2v) is 6.29. The number of anilines is 1. The fourth-order valence-corrected chi connectivity index (χ4v) is 3.46. The third kappa shape index (κ3) is 2.70. The van der Waals surface area contributed by atoms with Crippen molar-refractivity contribution in [2.75, 3.05) is 11.9 Å². The summed E-state index contributed by atoms with van der Waals surface area (Å²) in [5, 5.41) is 9.73. The highest BCUT2D eigenvalue weighted by atomic mass is 35.5. The Bertz CT molecular complexity index is 680. The third-order valence-corrected chi connectivity index (χ3v) is 4.73. The Morgan fingerprint density at radius 2 is 2.21 bits per heavy atom. The van der Waals surface area contributed by atoms with Crippen LogP contribution in [0.1, 0.15) is 17.8 Å². The molecule has 0 aliphatic carbocycles. The number of rotatable bonds is 4. The molecular formula is C12H11ClN4S2. The average Bonchev–Trinajstić information content (AvgIpc) is 3.05. The zero-order valence-electron chi connectivity index (χ0n) is 10.1. The van der Waals surface area contributed by atoms with Crippen LogP contribution in [0.3, 0.4) is 0 Å². The molecule has 1 unspecified atom stereocenters. The van der Waals surface area contributed by atoms with E-state index in [0.717, 1.165) is 27.6 Å². The number of thiazole rings is 1. The Kier molecular flexibility index (Phi) is 3.63. The number of halogens is 1. The Hall–Kier alpha value is -1.24. The van der Waals surface area contributed by atoms with Gasteiger partial charge >= 0.3 is 0 Å². The standard InChI is InChI=1S/C12H11ClN4S2/c1-7(10-14-3-5-19-10)6-15-9-8-2-4-18-11(8)17-12(13)16-9/h2-5,7H,6H2,1H3,(H,15,16,17). The number of nitrogens with one attached hydrogen (secondary N) is 1. The number of thiophene rings is 1. The van der Waals surface area contributed by atoms with Crippen molar-refractivity contribution >= 4 is 50.3 Å². The molecule has 3 aromatic rings. The molecule has 0 saturated carbocycles. The van der Waals surface area contributed by atoms with E-state index in [4.69, 9.17) is 11.6 Å². The molecule has 0 saturated heterocycles. The van der Waals surface area contributed by atoms with E-state index in [-0.39, 0.29) is 5.28 Å². The lowest BCUT2D eigenvalue weighted by Crippen LogP contribution is -2.11. The van der Waals surface area contributed by atoms with Gasteiger partial charge in [-0.3, -0.25) is 0 Å². The van der Waals surface area contributed by atoms with Crippen molar-refractivity contribution in [1.29, 1.82) is 0 Å². The zero-order chi connectivity index (χ0) is 13.2. The summed E-state index contributed by atoms with van der Waals surface area (Å²) in [6.45, 7) is 2.91. The molecule has 3 rings (SSSR count). The Labute approximate surface area is 123 Å². The summed E-state index contributed by atoms with van der Waals surface area (Å²) in [7, 11) is 0. The molecule has 0 aliphatic heterocycles. The van der Waals surface area contributed by atoms with Gasteiger partial charge in [-0.2, -0.15) is 0 Å². The van der Waals surface area contributed by atoms with Crippen molar-refractivity contribution in [2.45, 2.75) is 12.8 Å². The van der Waals surface area contributed by atoms with E-state index >= 15 is 0 Å². The van der Waals surface area contributed by atoms with E-state index in [9.17, 15) is 0 Å². The quantitative estimate of drug-likeness (QED) is 0.740.